The van der Waals surface area contributed by atoms with Gasteiger partial charge in [-0.25, -0.2) is 4.39 Å². The minimum atomic E-state index is -0.527. The van der Waals surface area contributed by atoms with Crippen molar-refractivity contribution in [2.75, 3.05) is 18.0 Å². The predicted molar refractivity (Wildman–Crippen MR) is 117 cm³/mol. The van der Waals surface area contributed by atoms with E-state index < -0.39 is 5.82 Å². The summed E-state index contributed by atoms with van der Waals surface area (Å²) >= 11 is 5.83. The van der Waals surface area contributed by atoms with Gasteiger partial charge < -0.3 is 9.80 Å². The molecule has 4 nitrogen and oxygen atoms in total. The molecule has 2 fully saturated rings. The van der Waals surface area contributed by atoms with Gasteiger partial charge in [0.2, 0.25) is 11.8 Å². The number of anilines is 1. The highest BCUT2D eigenvalue weighted by molar-refractivity contribution is 6.30. The number of nitrogens with zero attached hydrogens (tertiary/aromatic N) is 2. The first-order valence-electron chi connectivity index (χ1n) is 10.3. The Morgan fingerprint density at radius 1 is 1.07 bits per heavy atom. The van der Waals surface area contributed by atoms with E-state index in [1.165, 1.54) is 12.1 Å². The number of likely N-dealkylation sites (tertiary alicyclic amines) is 1. The second-order valence-electron chi connectivity index (χ2n) is 7.97. The maximum absolute atomic E-state index is 14.1. The van der Waals surface area contributed by atoms with Gasteiger partial charge in [-0.1, -0.05) is 41.9 Å². The van der Waals surface area contributed by atoms with Crippen molar-refractivity contribution in [1.29, 1.82) is 0 Å². The van der Waals surface area contributed by atoms with E-state index in [1.54, 1.807) is 17.0 Å². The van der Waals surface area contributed by atoms with Gasteiger partial charge in [0.1, 0.15) is 5.82 Å². The topological polar surface area (TPSA) is 40.6 Å². The zero-order valence-corrected chi connectivity index (χ0v) is 17.4. The molecule has 6 heteroatoms. The van der Waals surface area contributed by atoms with Gasteiger partial charge in [0.05, 0.1) is 10.6 Å². The highest BCUT2D eigenvalue weighted by atomic mass is 35.5. The minimum absolute atomic E-state index is 0.00622. The molecular weight excluding hydrogens is 403 g/mol. The summed E-state index contributed by atoms with van der Waals surface area (Å²) in [4.78, 5) is 29.0. The van der Waals surface area contributed by atoms with E-state index in [9.17, 15) is 14.0 Å². The Bertz CT molecular complexity index is 968. The van der Waals surface area contributed by atoms with E-state index in [0.29, 0.717) is 38.0 Å². The molecule has 2 amide bonds. The van der Waals surface area contributed by atoms with Gasteiger partial charge in [-0.2, -0.15) is 0 Å². The van der Waals surface area contributed by atoms with E-state index in [2.05, 4.69) is 0 Å². The SMILES string of the molecule is O=C(/C=C/c1ccccc1)N1CCC2(CCCC(=O)N2c2ccc(Cl)c(F)c2)CC1. The summed E-state index contributed by atoms with van der Waals surface area (Å²) in [6.07, 6.45) is 6.89. The third-order valence-corrected chi connectivity index (χ3v) is 6.45. The Hall–Kier alpha value is -2.66. The minimum Gasteiger partial charge on any atom is -0.339 e. The molecule has 30 heavy (non-hydrogen) atoms. The summed E-state index contributed by atoms with van der Waals surface area (Å²) in [7, 11) is 0. The largest absolute Gasteiger partial charge is 0.339 e. The van der Waals surface area contributed by atoms with Crippen molar-refractivity contribution < 1.29 is 14.0 Å². The number of halogens is 2. The number of benzene rings is 2. The van der Waals surface area contributed by atoms with E-state index >= 15 is 0 Å². The van der Waals surface area contributed by atoms with Crippen LogP contribution < -0.4 is 4.90 Å². The third-order valence-electron chi connectivity index (χ3n) is 6.14. The summed E-state index contributed by atoms with van der Waals surface area (Å²) in [5.41, 5.74) is 1.15. The van der Waals surface area contributed by atoms with Crippen molar-refractivity contribution in [2.24, 2.45) is 0 Å². The number of amides is 2. The second-order valence-corrected chi connectivity index (χ2v) is 8.38. The lowest BCUT2D eigenvalue weighted by atomic mass is 9.78. The van der Waals surface area contributed by atoms with Crippen LogP contribution in [0.25, 0.3) is 6.08 Å². The highest BCUT2D eigenvalue weighted by Crippen LogP contribution is 2.41. The lowest BCUT2D eigenvalue weighted by Crippen LogP contribution is -2.60. The Kier molecular flexibility index (Phi) is 5.91. The molecule has 0 saturated carbocycles. The number of carbonyl (C=O) groups excluding carboxylic acids is 2. The molecule has 2 aliphatic rings. The molecule has 0 bridgehead atoms. The molecule has 0 radical (unpaired) electrons. The number of carbonyl (C=O) groups is 2. The smallest absolute Gasteiger partial charge is 0.246 e. The first kappa shape index (κ1) is 20.6. The van der Waals surface area contributed by atoms with E-state index in [1.807, 2.05) is 41.3 Å². The maximum Gasteiger partial charge on any atom is 0.246 e. The van der Waals surface area contributed by atoms with Crippen LogP contribution in [0.2, 0.25) is 5.02 Å². The molecule has 0 unspecified atom stereocenters. The van der Waals surface area contributed by atoms with Gasteiger partial charge >= 0.3 is 0 Å². The molecule has 0 atom stereocenters. The molecule has 2 saturated heterocycles. The van der Waals surface area contributed by atoms with Crippen LogP contribution >= 0.6 is 11.6 Å². The molecule has 4 rings (SSSR count). The number of piperidine rings is 2. The summed E-state index contributed by atoms with van der Waals surface area (Å²) in [6, 6.07) is 14.2. The Morgan fingerprint density at radius 2 is 1.80 bits per heavy atom. The van der Waals surface area contributed by atoms with Crippen molar-refractivity contribution in [3.63, 3.8) is 0 Å². The van der Waals surface area contributed by atoms with Crippen LogP contribution in [0.5, 0.6) is 0 Å². The third kappa shape index (κ3) is 4.12. The Balaban J connectivity index is 1.49. The quantitative estimate of drug-likeness (QED) is 0.643. The molecule has 0 aromatic heterocycles. The van der Waals surface area contributed by atoms with Crippen LogP contribution in [-0.2, 0) is 9.59 Å². The zero-order chi connectivity index (χ0) is 21.1. The molecule has 156 valence electrons. The fourth-order valence-corrected chi connectivity index (χ4v) is 4.67. The summed E-state index contributed by atoms with van der Waals surface area (Å²) < 4.78 is 14.1. The standard InChI is InChI=1S/C24H24ClFN2O2/c25-20-10-9-19(17-21(20)26)28-23(30)7-4-12-24(28)13-15-27(16-14-24)22(29)11-8-18-5-2-1-3-6-18/h1-3,5-6,8-11,17H,4,7,12-16H2/b11-8+. The van der Waals surface area contributed by atoms with Gasteiger partial charge in [0, 0.05) is 31.3 Å². The average Bonchev–Trinajstić information content (AvgIpc) is 2.76. The number of rotatable bonds is 3. The molecule has 2 aromatic rings. The van der Waals surface area contributed by atoms with Crippen molar-refractivity contribution in [3.05, 3.63) is 71.0 Å². The summed E-state index contributed by atoms with van der Waals surface area (Å²) in [5, 5.41) is 0.0443. The second kappa shape index (κ2) is 8.60. The molecule has 2 aliphatic heterocycles. The van der Waals surface area contributed by atoms with Crippen molar-refractivity contribution in [3.8, 4) is 0 Å². The van der Waals surface area contributed by atoms with E-state index in [-0.39, 0.29) is 22.4 Å². The van der Waals surface area contributed by atoms with Gasteiger partial charge in [-0.05, 0) is 55.5 Å². The summed E-state index contributed by atoms with van der Waals surface area (Å²) in [6.45, 7) is 1.13. The van der Waals surface area contributed by atoms with Crippen LogP contribution in [0.4, 0.5) is 10.1 Å². The highest BCUT2D eigenvalue weighted by Gasteiger charge is 2.45. The molecule has 0 aliphatic carbocycles. The van der Waals surface area contributed by atoms with Gasteiger partial charge in [-0.15, -0.1) is 0 Å². The normalized spacial score (nSPS) is 18.9. The molecule has 2 aromatic carbocycles. The monoisotopic (exact) mass is 426 g/mol. The van der Waals surface area contributed by atoms with Crippen LogP contribution in [0, 0.1) is 5.82 Å². The predicted octanol–water partition coefficient (Wildman–Crippen LogP) is 5.07. The van der Waals surface area contributed by atoms with Crippen LogP contribution in [-0.4, -0.2) is 35.3 Å². The lowest BCUT2D eigenvalue weighted by Gasteiger charge is -2.51. The Labute approximate surface area is 180 Å². The Morgan fingerprint density at radius 3 is 2.50 bits per heavy atom. The van der Waals surface area contributed by atoms with Crippen molar-refractivity contribution in [1.82, 2.24) is 4.90 Å². The summed E-state index contributed by atoms with van der Waals surface area (Å²) in [5.74, 6) is -0.548. The fourth-order valence-electron chi connectivity index (χ4n) is 4.55. The van der Waals surface area contributed by atoms with Gasteiger partial charge in [-0.3, -0.25) is 9.59 Å². The van der Waals surface area contributed by atoms with Gasteiger partial charge in [0.15, 0.2) is 0 Å². The average molecular weight is 427 g/mol. The first-order valence-corrected chi connectivity index (χ1v) is 10.7. The van der Waals surface area contributed by atoms with E-state index in [0.717, 1.165) is 18.4 Å². The zero-order valence-electron chi connectivity index (χ0n) is 16.7. The van der Waals surface area contributed by atoms with E-state index in [4.69, 9.17) is 11.6 Å². The molecule has 1 spiro atoms. The first-order chi connectivity index (χ1) is 14.5. The van der Waals surface area contributed by atoms with Crippen LogP contribution in [0.1, 0.15) is 37.7 Å². The molecular formula is C24H24ClFN2O2. The van der Waals surface area contributed by atoms with Crippen molar-refractivity contribution >= 4 is 35.2 Å². The van der Waals surface area contributed by atoms with Crippen molar-refractivity contribution in [2.45, 2.75) is 37.6 Å². The molecule has 0 N–H and O–H groups in total. The number of hydrogen-bond donors (Lipinski definition) is 0. The fraction of sp³-hybridized carbons (Fsp3) is 0.333. The maximum atomic E-state index is 14.1. The van der Waals surface area contributed by atoms with Crippen LogP contribution in [0.15, 0.2) is 54.6 Å². The molecule has 2 heterocycles. The lowest BCUT2D eigenvalue weighted by molar-refractivity contribution is -0.128. The van der Waals surface area contributed by atoms with Crippen LogP contribution in [0.3, 0.4) is 0 Å². The van der Waals surface area contributed by atoms with Gasteiger partial charge in [0.25, 0.3) is 0 Å². The number of hydrogen-bond acceptors (Lipinski definition) is 2.